The van der Waals surface area contributed by atoms with Gasteiger partial charge in [-0.1, -0.05) is 66.7 Å². The van der Waals surface area contributed by atoms with Crippen molar-refractivity contribution < 1.29 is 14.1 Å². The van der Waals surface area contributed by atoms with Gasteiger partial charge in [0, 0.05) is 10.6 Å². The molecule has 0 bridgehead atoms. The van der Waals surface area contributed by atoms with Crippen molar-refractivity contribution in [2.24, 2.45) is 4.99 Å². The molecule has 0 radical (unpaired) electrons. The van der Waals surface area contributed by atoms with E-state index in [4.69, 9.17) is 4.74 Å². The molecule has 152 valence electrons. The SMILES string of the molecule is COC(=O)[C@H]1N=CN(P(=O)(c2ccccc2)c2ccccc2)[C@]1(C)c1ccccc1. The Morgan fingerprint density at radius 2 is 1.37 bits per heavy atom. The zero-order valence-electron chi connectivity index (χ0n) is 16.9. The van der Waals surface area contributed by atoms with Crippen LogP contribution in [-0.4, -0.2) is 30.1 Å². The Bertz CT molecular complexity index is 1060. The molecule has 0 saturated heterocycles. The zero-order chi connectivity index (χ0) is 21.2. The smallest absolute Gasteiger partial charge is 0.333 e. The van der Waals surface area contributed by atoms with Crippen LogP contribution in [0.15, 0.2) is 96.0 Å². The van der Waals surface area contributed by atoms with Gasteiger partial charge in [-0.15, -0.1) is 0 Å². The van der Waals surface area contributed by atoms with Crippen molar-refractivity contribution in [2.45, 2.75) is 18.5 Å². The van der Waals surface area contributed by atoms with Gasteiger partial charge < -0.3 is 4.74 Å². The van der Waals surface area contributed by atoms with Gasteiger partial charge in [-0.2, -0.15) is 0 Å². The summed E-state index contributed by atoms with van der Waals surface area (Å²) in [6.07, 6.45) is 1.55. The second-order valence-electron chi connectivity index (χ2n) is 7.30. The molecule has 0 N–H and O–H groups in total. The van der Waals surface area contributed by atoms with Crippen molar-refractivity contribution in [1.82, 2.24) is 4.67 Å². The van der Waals surface area contributed by atoms with E-state index >= 15 is 0 Å². The Kier molecular flexibility index (Phi) is 5.31. The van der Waals surface area contributed by atoms with E-state index < -0.39 is 24.8 Å². The molecule has 1 aliphatic heterocycles. The maximum absolute atomic E-state index is 14.9. The maximum Gasteiger partial charge on any atom is 0.333 e. The third kappa shape index (κ3) is 3.06. The normalized spacial score (nSPS) is 20.9. The summed E-state index contributed by atoms with van der Waals surface area (Å²) >= 11 is 0. The minimum absolute atomic E-state index is 0.465. The lowest BCUT2D eigenvalue weighted by Crippen LogP contribution is -2.50. The van der Waals surface area contributed by atoms with Crippen LogP contribution in [-0.2, 0) is 19.6 Å². The summed E-state index contributed by atoms with van der Waals surface area (Å²) in [5.41, 5.74) is -0.153. The molecule has 3 aromatic rings. The first-order valence-corrected chi connectivity index (χ1v) is 11.4. The number of hydrogen-bond acceptors (Lipinski definition) is 4. The van der Waals surface area contributed by atoms with E-state index in [1.807, 2.05) is 97.9 Å². The van der Waals surface area contributed by atoms with Gasteiger partial charge in [0.15, 0.2) is 6.04 Å². The predicted octanol–water partition coefficient (Wildman–Crippen LogP) is 3.72. The molecule has 0 amide bonds. The fraction of sp³-hybridized carbons (Fsp3) is 0.167. The fourth-order valence-corrected chi connectivity index (χ4v) is 6.97. The highest BCUT2D eigenvalue weighted by atomic mass is 31.2. The van der Waals surface area contributed by atoms with Gasteiger partial charge in [0.05, 0.1) is 13.4 Å². The molecule has 0 aliphatic carbocycles. The van der Waals surface area contributed by atoms with Crippen LogP contribution in [0, 0.1) is 0 Å². The summed E-state index contributed by atoms with van der Waals surface area (Å²) < 4.78 is 21.8. The summed E-state index contributed by atoms with van der Waals surface area (Å²) in [6, 6.07) is 27.4. The van der Waals surface area contributed by atoms with Gasteiger partial charge in [-0.05, 0) is 36.8 Å². The number of carbonyl (C=O) groups excluding carboxylic acids is 1. The summed E-state index contributed by atoms with van der Waals surface area (Å²) in [5, 5.41) is 1.35. The first-order valence-electron chi connectivity index (χ1n) is 9.70. The number of ether oxygens (including phenoxy) is 1. The third-order valence-corrected chi connectivity index (χ3v) is 8.75. The molecule has 3 aromatic carbocycles. The largest absolute Gasteiger partial charge is 0.467 e. The van der Waals surface area contributed by atoms with Gasteiger partial charge in [0.2, 0.25) is 7.29 Å². The molecule has 0 saturated carbocycles. The quantitative estimate of drug-likeness (QED) is 0.468. The highest BCUT2D eigenvalue weighted by Crippen LogP contribution is 2.56. The van der Waals surface area contributed by atoms with Crippen molar-refractivity contribution in [3.63, 3.8) is 0 Å². The first-order chi connectivity index (χ1) is 14.5. The van der Waals surface area contributed by atoms with Gasteiger partial charge in [-0.25, -0.2) is 4.79 Å². The van der Waals surface area contributed by atoms with E-state index in [1.54, 1.807) is 11.0 Å². The third-order valence-electron chi connectivity index (χ3n) is 5.63. The second-order valence-corrected chi connectivity index (χ2v) is 9.91. The van der Waals surface area contributed by atoms with Crippen molar-refractivity contribution in [3.05, 3.63) is 96.6 Å². The summed E-state index contributed by atoms with van der Waals surface area (Å²) in [7, 11) is -2.02. The van der Waals surface area contributed by atoms with Gasteiger partial charge in [-0.3, -0.25) is 14.2 Å². The Labute approximate surface area is 176 Å². The standard InChI is InChI=1S/C24H23N2O3P/c1-24(19-12-6-3-7-13-19)22(23(27)29-2)25-18-26(24)30(28,20-14-8-4-9-15-20)21-16-10-5-11-17-21/h3-18,22H,1-2H3/t22-,24-/m1/s1. The number of benzene rings is 3. The minimum atomic E-state index is -3.37. The van der Waals surface area contributed by atoms with Gasteiger partial charge in [0.1, 0.15) is 5.54 Å². The van der Waals surface area contributed by atoms with Crippen molar-refractivity contribution in [3.8, 4) is 0 Å². The average Bonchev–Trinajstić information content (AvgIpc) is 3.18. The molecule has 1 heterocycles. The van der Waals surface area contributed by atoms with Crippen molar-refractivity contribution >= 4 is 30.2 Å². The number of nitrogens with zero attached hydrogens (tertiary/aromatic N) is 2. The molecule has 4 rings (SSSR count). The minimum Gasteiger partial charge on any atom is -0.467 e. The predicted molar refractivity (Wildman–Crippen MR) is 120 cm³/mol. The molecule has 5 nitrogen and oxygen atoms in total. The van der Waals surface area contributed by atoms with E-state index in [9.17, 15) is 9.36 Å². The van der Waals surface area contributed by atoms with Gasteiger partial charge in [0.25, 0.3) is 0 Å². The van der Waals surface area contributed by atoms with Crippen LogP contribution in [0.1, 0.15) is 12.5 Å². The first kappa shape index (κ1) is 20.1. The van der Waals surface area contributed by atoms with Crippen molar-refractivity contribution in [2.75, 3.05) is 7.11 Å². The monoisotopic (exact) mass is 418 g/mol. The molecule has 2 atom stereocenters. The Morgan fingerprint density at radius 1 is 0.900 bits per heavy atom. The molecule has 0 unspecified atom stereocenters. The molecular formula is C24H23N2O3P. The average molecular weight is 418 g/mol. The van der Waals surface area contributed by atoms with Crippen LogP contribution in [0.2, 0.25) is 0 Å². The van der Waals surface area contributed by atoms with E-state index in [1.165, 1.54) is 7.11 Å². The fourth-order valence-electron chi connectivity index (χ4n) is 4.01. The summed E-state index contributed by atoms with van der Waals surface area (Å²) in [4.78, 5) is 17.2. The van der Waals surface area contributed by atoms with Crippen LogP contribution < -0.4 is 10.6 Å². The number of methoxy groups -OCH3 is 1. The number of carbonyl (C=O) groups is 1. The Hall–Kier alpha value is -3.17. The lowest BCUT2D eigenvalue weighted by molar-refractivity contribution is -0.144. The molecule has 0 spiro atoms. The Balaban J connectivity index is 1.98. The van der Waals surface area contributed by atoms with Crippen LogP contribution in [0.3, 0.4) is 0 Å². The second kappa shape index (κ2) is 7.92. The van der Waals surface area contributed by atoms with Crippen LogP contribution in [0.4, 0.5) is 0 Å². The molecule has 1 aliphatic rings. The van der Waals surface area contributed by atoms with Crippen LogP contribution in [0.5, 0.6) is 0 Å². The summed E-state index contributed by atoms with van der Waals surface area (Å²) in [5.74, 6) is -0.465. The lowest BCUT2D eigenvalue weighted by atomic mass is 9.85. The maximum atomic E-state index is 14.9. The van der Waals surface area contributed by atoms with E-state index in [-0.39, 0.29) is 0 Å². The number of rotatable bonds is 5. The van der Waals surface area contributed by atoms with Crippen molar-refractivity contribution in [1.29, 1.82) is 0 Å². The molecular weight excluding hydrogens is 395 g/mol. The summed E-state index contributed by atoms with van der Waals surface area (Å²) in [6.45, 7) is 1.90. The van der Waals surface area contributed by atoms with E-state index in [0.29, 0.717) is 10.6 Å². The molecule has 6 heteroatoms. The highest BCUT2D eigenvalue weighted by molar-refractivity contribution is 7.77. The molecule has 0 fully saturated rings. The topological polar surface area (TPSA) is 59.0 Å². The van der Waals surface area contributed by atoms with Gasteiger partial charge >= 0.3 is 5.97 Å². The number of esters is 1. The lowest BCUT2D eigenvalue weighted by Gasteiger charge is -2.42. The molecule has 30 heavy (non-hydrogen) atoms. The Morgan fingerprint density at radius 3 is 1.83 bits per heavy atom. The zero-order valence-corrected chi connectivity index (χ0v) is 17.8. The highest BCUT2D eigenvalue weighted by Gasteiger charge is 2.55. The molecule has 0 aromatic heterocycles. The van der Waals surface area contributed by atoms with E-state index in [2.05, 4.69) is 4.99 Å². The number of aliphatic imine (C=N–C) groups is 1. The number of hydrogen-bond donors (Lipinski definition) is 0. The van der Waals surface area contributed by atoms with E-state index in [0.717, 1.165) is 5.56 Å². The van der Waals surface area contributed by atoms with Crippen LogP contribution >= 0.6 is 7.29 Å². The van der Waals surface area contributed by atoms with Crippen LogP contribution in [0.25, 0.3) is 0 Å².